The Morgan fingerprint density at radius 3 is 2.13 bits per heavy atom. The SMILES string of the molecule is CCCCC(CC)COP(=O)(O)O.[Na].[Na]. The molecular weight excluding hydrogens is 237 g/mol. The molecule has 0 saturated heterocycles. The van der Waals surface area contributed by atoms with Gasteiger partial charge in [0.1, 0.15) is 0 Å². The van der Waals surface area contributed by atoms with Crippen LogP contribution in [0.3, 0.4) is 0 Å². The quantitative estimate of drug-likeness (QED) is 0.535. The Morgan fingerprint density at radius 1 is 1.27 bits per heavy atom. The summed E-state index contributed by atoms with van der Waals surface area (Å²) in [4.78, 5) is 17.0. The van der Waals surface area contributed by atoms with Crippen molar-refractivity contribution in [2.24, 2.45) is 5.92 Å². The van der Waals surface area contributed by atoms with E-state index >= 15 is 0 Å². The summed E-state index contributed by atoms with van der Waals surface area (Å²) >= 11 is 0. The molecule has 0 rings (SSSR count). The average Bonchev–Trinajstić information content (AvgIpc) is 2.03. The van der Waals surface area contributed by atoms with Gasteiger partial charge in [-0.05, 0) is 12.3 Å². The third-order valence-electron chi connectivity index (χ3n) is 2.02. The first-order chi connectivity index (χ1) is 5.99. The van der Waals surface area contributed by atoms with E-state index in [4.69, 9.17) is 9.79 Å². The molecule has 0 heterocycles. The molecule has 4 nitrogen and oxygen atoms in total. The molecule has 0 aliphatic heterocycles. The number of unbranched alkanes of at least 4 members (excludes halogenated alkanes) is 1. The molecule has 0 aromatic rings. The zero-order valence-electron chi connectivity index (χ0n) is 10.3. The van der Waals surface area contributed by atoms with Gasteiger partial charge >= 0.3 is 7.82 Å². The van der Waals surface area contributed by atoms with Gasteiger partial charge in [0, 0.05) is 59.1 Å². The molecule has 0 fully saturated rings. The fraction of sp³-hybridized carbons (Fsp3) is 1.00. The van der Waals surface area contributed by atoms with Crippen LogP contribution < -0.4 is 0 Å². The summed E-state index contributed by atoms with van der Waals surface area (Å²) in [6.07, 6.45) is 4.07. The van der Waals surface area contributed by atoms with E-state index < -0.39 is 7.82 Å². The monoisotopic (exact) mass is 256 g/mol. The van der Waals surface area contributed by atoms with Crippen molar-refractivity contribution in [2.75, 3.05) is 6.61 Å². The fourth-order valence-electron chi connectivity index (χ4n) is 1.10. The molecule has 0 aromatic carbocycles. The molecule has 7 heteroatoms. The number of hydrogen-bond acceptors (Lipinski definition) is 2. The fourth-order valence-corrected chi connectivity index (χ4v) is 1.51. The number of hydrogen-bond donors (Lipinski definition) is 2. The van der Waals surface area contributed by atoms with Crippen molar-refractivity contribution < 1.29 is 18.9 Å². The van der Waals surface area contributed by atoms with Crippen molar-refractivity contribution in [1.29, 1.82) is 0 Å². The van der Waals surface area contributed by atoms with Crippen LogP contribution in [0.25, 0.3) is 0 Å². The maximum atomic E-state index is 10.4. The van der Waals surface area contributed by atoms with Gasteiger partial charge in [-0.15, -0.1) is 0 Å². The van der Waals surface area contributed by atoms with Crippen LogP contribution in [0.2, 0.25) is 0 Å². The van der Waals surface area contributed by atoms with Gasteiger partial charge in [-0.1, -0.05) is 33.1 Å². The molecule has 2 N–H and O–H groups in total. The van der Waals surface area contributed by atoms with Crippen LogP contribution in [0, 0.1) is 5.92 Å². The summed E-state index contributed by atoms with van der Waals surface area (Å²) < 4.78 is 14.8. The van der Waals surface area contributed by atoms with Gasteiger partial charge < -0.3 is 9.79 Å². The second-order valence-corrected chi connectivity index (χ2v) is 4.44. The Hall–Kier alpha value is 2.11. The molecule has 1 unspecified atom stereocenters. The summed E-state index contributed by atoms with van der Waals surface area (Å²) in [5.74, 6) is 0.271. The van der Waals surface area contributed by atoms with Crippen LogP contribution in [0.1, 0.15) is 39.5 Å². The van der Waals surface area contributed by atoms with Crippen molar-refractivity contribution in [1.82, 2.24) is 0 Å². The molecular formula is C8H19Na2O4P. The standard InChI is InChI=1S/C8H19O4P.2Na/c1-3-5-6-8(4-2)7-12-13(9,10)11;;/h8H,3-7H2,1-2H3,(H2,9,10,11);;. The molecule has 0 amide bonds. The summed E-state index contributed by atoms with van der Waals surface area (Å²) in [7, 11) is -4.26. The van der Waals surface area contributed by atoms with Crippen LogP contribution in [-0.4, -0.2) is 75.5 Å². The van der Waals surface area contributed by atoms with Crippen molar-refractivity contribution >= 4 is 66.9 Å². The topological polar surface area (TPSA) is 66.8 Å². The van der Waals surface area contributed by atoms with E-state index in [1.165, 1.54) is 0 Å². The zero-order chi connectivity index (χ0) is 10.3. The van der Waals surface area contributed by atoms with Crippen LogP contribution >= 0.6 is 7.82 Å². The Bertz CT molecular complexity index is 174. The molecule has 0 aromatic heterocycles. The summed E-state index contributed by atoms with van der Waals surface area (Å²) in [6, 6.07) is 0. The minimum absolute atomic E-state index is 0. The van der Waals surface area contributed by atoms with E-state index in [-0.39, 0.29) is 71.6 Å². The van der Waals surface area contributed by atoms with Crippen LogP contribution in [-0.2, 0) is 9.09 Å². The minimum Gasteiger partial charge on any atom is -0.303 e. The van der Waals surface area contributed by atoms with Crippen molar-refractivity contribution in [2.45, 2.75) is 39.5 Å². The Balaban J connectivity index is -0.000000720. The van der Waals surface area contributed by atoms with Gasteiger partial charge in [0.05, 0.1) is 6.61 Å². The third-order valence-corrected chi connectivity index (χ3v) is 2.51. The van der Waals surface area contributed by atoms with Gasteiger partial charge in [0.15, 0.2) is 0 Å². The summed E-state index contributed by atoms with van der Waals surface area (Å²) in [6.45, 7) is 4.26. The molecule has 2 radical (unpaired) electrons. The smallest absolute Gasteiger partial charge is 0.303 e. The van der Waals surface area contributed by atoms with Crippen LogP contribution in [0.5, 0.6) is 0 Å². The first kappa shape index (κ1) is 22.3. The van der Waals surface area contributed by atoms with Gasteiger partial charge in [0.2, 0.25) is 0 Å². The number of phosphoric acid groups is 1. The molecule has 0 spiro atoms. The minimum atomic E-state index is -4.26. The largest absolute Gasteiger partial charge is 0.469 e. The second kappa shape index (κ2) is 12.6. The summed E-state index contributed by atoms with van der Waals surface area (Å²) in [5.41, 5.74) is 0. The Morgan fingerprint density at radius 2 is 1.80 bits per heavy atom. The Labute approximate surface area is 136 Å². The van der Waals surface area contributed by atoms with E-state index in [1.54, 1.807) is 0 Å². The van der Waals surface area contributed by atoms with Gasteiger partial charge in [-0.2, -0.15) is 0 Å². The third kappa shape index (κ3) is 16.1. The predicted molar refractivity (Wildman–Crippen MR) is 62.8 cm³/mol. The van der Waals surface area contributed by atoms with Crippen molar-refractivity contribution in [3.8, 4) is 0 Å². The summed E-state index contributed by atoms with van der Waals surface area (Å²) in [5, 5.41) is 0. The van der Waals surface area contributed by atoms with Crippen molar-refractivity contribution in [3.63, 3.8) is 0 Å². The maximum absolute atomic E-state index is 10.4. The molecule has 0 saturated carbocycles. The van der Waals surface area contributed by atoms with E-state index in [0.717, 1.165) is 25.7 Å². The average molecular weight is 256 g/mol. The number of phosphoric ester groups is 1. The van der Waals surface area contributed by atoms with E-state index in [9.17, 15) is 4.57 Å². The Kier molecular flexibility index (Phi) is 18.7. The van der Waals surface area contributed by atoms with E-state index in [0.29, 0.717) is 0 Å². The molecule has 15 heavy (non-hydrogen) atoms. The normalized spacial score (nSPS) is 12.5. The zero-order valence-corrected chi connectivity index (χ0v) is 15.2. The second-order valence-electron chi connectivity index (χ2n) is 3.20. The van der Waals surface area contributed by atoms with Crippen LogP contribution in [0.4, 0.5) is 0 Å². The molecule has 0 aliphatic rings. The maximum Gasteiger partial charge on any atom is 0.469 e. The van der Waals surface area contributed by atoms with Gasteiger partial charge in [0.25, 0.3) is 0 Å². The van der Waals surface area contributed by atoms with Gasteiger partial charge in [-0.3, -0.25) is 4.52 Å². The van der Waals surface area contributed by atoms with Gasteiger partial charge in [-0.25, -0.2) is 4.57 Å². The van der Waals surface area contributed by atoms with Crippen LogP contribution in [0.15, 0.2) is 0 Å². The molecule has 0 aliphatic carbocycles. The first-order valence-electron chi connectivity index (χ1n) is 4.69. The molecule has 0 bridgehead atoms. The van der Waals surface area contributed by atoms with E-state index in [2.05, 4.69) is 11.4 Å². The predicted octanol–water partition coefficient (Wildman–Crippen LogP) is 1.55. The molecule has 1 atom stereocenters. The van der Waals surface area contributed by atoms with Crippen molar-refractivity contribution in [3.05, 3.63) is 0 Å². The molecule has 82 valence electrons. The van der Waals surface area contributed by atoms with E-state index in [1.807, 2.05) is 6.92 Å². The number of rotatable bonds is 7. The first-order valence-corrected chi connectivity index (χ1v) is 6.22.